The van der Waals surface area contributed by atoms with Crippen molar-refractivity contribution in [3.8, 4) is 0 Å². The summed E-state index contributed by atoms with van der Waals surface area (Å²) >= 11 is 0. The van der Waals surface area contributed by atoms with Gasteiger partial charge in [0.25, 0.3) is 0 Å². The summed E-state index contributed by atoms with van der Waals surface area (Å²) in [7, 11) is 0. The SMILES string of the molecule is [C-]#[N+]c1ccc2c3c([nH]c2c1)C(C)(C)c1cc(N2CCC(N4CCN(CN5CCN(Cc6ccc(CC)cc6)CC5)CC4)CC2)c(CC)cc1C3=O. The van der Waals surface area contributed by atoms with Gasteiger partial charge in [-0.05, 0) is 66.1 Å². The minimum Gasteiger partial charge on any atom is -0.371 e. The van der Waals surface area contributed by atoms with E-state index in [2.05, 4.69) is 98.4 Å². The number of nitrogens with zero attached hydrogens (tertiary/aromatic N) is 6. The Morgan fingerprint density at radius 3 is 2.10 bits per heavy atom. The lowest BCUT2D eigenvalue weighted by atomic mass is 9.70. The van der Waals surface area contributed by atoms with Crippen molar-refractivity contribution in [3.63, 3.8) is 0 Å². The van der Waals surface area contributed by atoms with Gasteiger partial charge in [-0.1, -0.05) is 64.1 Å². The molecule has 4 aromatic rings. The third-order valence-electron chi connectivity index (χ3n) is 12.7. The van der Waals surface area contributed by atoms with Gasteiger partial charge in [-0.15, -0.1) is 0 Å². The van der Waals surface area contributed by atoms with E-state index in [9.17, 15) is 4.79 Å². The molecule has 0 unspecified atom stereocenters. The van der Waals surface area contributed by atoms with Crippen LogP contribution in [0.2, 0.25) is 0 Å². The van der Waals surface area contributed by atoms with Crippen molar-refractivity contribution in [2.75, 3.05) is 77.0 Å². The highest BCUT2D eigenvalue weighted by Crippen LogP contribution is 2.46. The zero-order chi connectivity index (χ0) is 36.0. The van der Waals surface area contributed by atoms with E-state index in [0.717, 1.165) is 125 Å². The van der Waals surface area contributed by atoms with Gasteiger partial charge < -0.3 is 9.88 Å². The fourth-order valence-corrected chi connectivity index (χ4v) is 9.40. The minimum atomic E-state index is -0.358. The van der Waals surface area contributed by atoms with Gasteiger partial charge in [0, 0.05) is 111 Å². The van der Waals surface area contributed by atoms with Crippen LogP contribution in [0.3, 0.4) is 0 Å². The van der Waals surface area contributed by atoms with Crippen LogP contribution in [0.15, 0.2) is 54.6 Å². The lowest BCUT2D eigenvalue weighted by Gasteiger charge is -2.45. The number of anilines is 1. The molecule has 3 saturated heterocycles. The lowest BCUT2D eigenvalue weighted by Crippen LogP contribution is -2.56. The van der Waals surface area contributed by atoms with E-state index >= 15 is 0 Å². The highest BCUT2D eigenvalue weighted by molar-refractivity contribution is 6.20. The molecule has 0 bridgehead atoms. The molecule has 1 aliphatic carbocycles. The summed E-state index contributed by atoms with van der Waals surface area (Å²) in [6.07, 6.45) is 4.37. The molecular weight excluding hydrogens is 643 g/mol. The van der Waals surface area contributed by atoms with Crippen LogP contribution >= 0.6 is 0 Å². The molecule has 3 aromatic carbocycles. The fourth-order valence-electron chi connectivity index (χ4n) is 9.40. The molecule has 3 fully saturated rings. The van der Waals surface area contributed by atoms with Crippen LogP contribution in [0.1, 0.15) is 84.4 Å². The third-order valence-corrected chi connectivity index (χ3v) is 12.7. The molecule has 52 heavy (non-hydrogen) atoms. The first-order valence-corrected chi connectivity index (χ1v) is 19.7. The number of piperazine rings is 2. The van der Waals surface area contributed by atoms with E-state index in [1.807, 2.05) is 18.2 Å². The molecule has 8 heteroatoms. The topological polar surface area (TPSA) is 53.4 Å². The molecule has 3 aliphatic heterocycles. The van der Waals surface area contributed by atoms with Gasteiger partial charge in [-0.3, -0.25) is 24.4 Å². The van der Waals surface area contributed by atoms with Crippen molar-refractivity contribution >= 4 is 28.1 Å². The number of hydrogen-bond acceptors (Lipinski definition) is 6. The average Bonchev–Trinajstić information content (AvgIpc) is 3.58. The van der Waals surface area contributed by atoms with Crippen LogP contribution in [-0.2, 0) is 24.8 Å². The van der Waals surface area contributed by atoms with E-state index in [1.165, 1.54) is 35.2 Å². The number of ketones is 1. The second-order valence-corrected chi connectivity index (χ2v) is 16.1. The number of H-pyrrole nitrogens is 1. The number of aromatic nitrogens is 1. The van der Waals surface area contributed by atoms with Crippen molar-refractivity contribution < 1.29 is 4.79 Å². The Balaban J connectivity index is 0.858. The number of hydrogen-bond donors (Lipinski definition) is 1. The normalized spacial score (nSPS) is 20.6. The number of benzene rings is 3. The second-order valence-electron chi connectivity index (χ2n) is 16.1. The van der Waals surface area contributed by atoms with Crippen LogP contribution < -0.4 is 4.90 Å². The maximum atomic E-state index is 14.1. The van der Waals surface area contributed by atoms with Crippen molar-refractivity contribution in [1.29, 1.82) is 0 Å². The van der Waals surface area contributed by atoms with E-state index in [1.54, 1.807) is 0 Å². The monoisotopic (exact) mass is 697 g/mol. The molecule has 0 spiro atoms. The summed E-state index contributed by atoms with van der Waals surface area (Å²) < 4.78 is 0. The van der Waals surface area contributed by atoms with Crippen LogP contribution in [-0.4, -0.2) is 109 Å². The molecule has 0 radical (unpaired) electrons. The molecule has 1 aromatic heterocycles. The van der Waals surface area contributed by atoms with E-state index in [-0.39, 0.29) is 11.2 Å². The number of carbonyl (C=O) groups excluding carboxylic acids is 1. The number of aryl methyl sites for hydroxylation is 2. The smallest absolute Gasteiger partial charge is 0.195 e. The third kappa shape index (κ3) is 6.58. The first-order chi connectivity index (χ1) is 25.2. The van der Waals surface area contributed by atoms with Crippen molar-refractivity contribution in [2.45, 2.75) is 71.4 Å². The number of aromatic amines is 1. The maximum Gasteiger partial charge on any atom is 0.195 e. The molecule has 4 aliphatic rings. The largest absolute Gasteiger partial charge is 0.371 e. The molecule has 272 valence electrons. The van der Waals surface area contributed by atoms with Crippen molar-refractivity contribution in [3.05, 3.63) is 105 Å². The van der Waals surface area contributed by atoms with E-state index < -0.39 is 0 Å². The Bertz CT molecular complexity index is 1960. The number of carbonyl (C=O) groups is 1. The molecule has 8 nitrogen and oxygen atoms in total. The minimum absolute atomic E-state index is 0.0981. The quantitative estimate of drug-likeness (QED) is 0.199. The molecular formula is C44H55N7O. The predicted molar refractivity (Wildman–Crippen MR) is 212 cm³/mol. The van der Waals surface area contributed by atoms with Gasteiger partial charge >= 0.3 is 0 Å². The lowest BCUT2D eigenvalue weighted by molar-refractivity contribution is 0.0285. The number of rotatable bonds is 8. The first kappa shape index (κ1) is 35.1. The summed E-state index contributed by atoms with van der Waals surface area (Å²) in [5.74, 6) is 0.0981. The Hall–Kier alpha value is -4.00. The number of piperidine rings is 1. The van der Waals surface area contributed by atoms with Gasteiger partial charge in [-0.25, -0.2) is 4.85 Å². The van der Waals surface area contributed by atoms with Gasteiger partial charge in [0.15, 0.2) is 11.5 Å². The number of nitrogens with one attached hydrogen (secondary N) is 1. The van der Waals surface area contributed by atoms with Gasteiger partial charge in [0.05, 0.1) is 18.8 Å². The summed E-state index contributed by atoms with van der Waals surface area (Å²) in [4.78, 5) is 34.6. The second kappa shape index (κ2) is 14.4. The fraction of sp³-hybridized carbons (Fsp3) is 0.500. The van der Waals surface area contributed by atoms with Crippen LogP contribution in [0.5, 0.6) is 0 Å². The predicted octanol–water partition coefficient (Wildman–Crippen LogP) is 7.08. The Labute approximate surface area is 310 Å². The average molecular weight is 698 g/mol. The van der Waals surface area contributed by atoms with Gasteiger partial charge in [0.1, 0.15) is 0 Å². The summed E-state index contributed by atoms with van der Waals surface area (Å²) in [6, 6.07) is 20.0. The van der Waals surface area contributed by atoms with E-state index in [4.69, 9.17) is 6.57 Å². The zero-order valence-corrected chi connectivity index (χ0v) is 31.7. The van der Waals surface area contributed by atoms with Crippen molar-refractivity contribution in [1.82, 2.24) is 24.6 Å². The molecule has 4 heterocycles. The van der Waals surface area contributed by atoms with Gasteiger partial charge in [0.2, 0.25) is 0 Å². The summed E-state index contributed by atoms with van der Waals surface area (Å²) in [5.41, 5.74) is 10.2. The van der Waals surface area contributed by atoms with E-state index in [0.29, 0.717) is 11.7 Å². The Morgan fingerprint density at radius 1 is 0.788 bits per heavy atom. The van der Waals surface area contributed by atoms with Crippen LogP contribution in [0, 0.1) is 6.57 Å². The molecule has 0 amide bonds. The highest BCUT2D eigenvalue weighted by atomic mass is 16.1. The Kier molecular flexibility index (Phi) is 9.73. The Morgan fingerprint density at radius 2 is 1.44 bits per heavy atom. The molecule has 0 atom stereocenters. The van der Waals surface area contributed by atoms with Gasteiger partial charge in [-0.2, -0.15) is 0 Å². The molecule has 8 rings (SSSR count). The van der Waals surface area contributed by atoms with Crippen LogP contribution in [0.25, 0.3) is 15.7 Å². The zero-order valence-electron chi connectivity index (χ0n) is 31.7. The van der Waals surface area contributed by atoms with Crippen LogP contribution in [0.4, 0.5) is 11.4 Å². The maximum absolute atomic E-state index is 14.1. The standard InChI is InChI=1S/C44H55N7O/c1-6-31-8-10-32(11-9-31)29-47-18-20-48(21-19-47)30-49-22-24-50(25-23-49)35-14-16-51(17-15-35)40-28-38-37(26-33(40)7-2)42(52)41-36-13-12-34(45-5)27-39(36)46-43(41)44(38,3)4/h8-13,26-28,35,46H,6-7,14-25,29-30H2,1-4H3. The highest BCUT2D eigenvalue weighted by Gasteiger charge is 2.41. The molecule has 1 N–H and O–H groups in total. The van der Waals surface area contributed by atoms with Crippen molar-refractivity contribution in [2.24, 2.45) is 0 Å². The summed E-state index contributed by atoms with van der Waals surface area (Å²) in [5, 5.41) is 0.916. The molecule has 0 saturated carbocycles. The number of fused-ring (bicyclic) bond motifs is 4. The first-order valence-electron chi connectivity index (χ1n) is 19.7. The summed E-state index contributed by atoms with van der Waals surface area (Å²) in [6.45, 7) is 29.9.